The van der Waals surface area contributed by atoms with Gasteiger partial charge in [0.1, 0.15) is 0 Å². The molecule has 1 heterocycles. The minimum atomic E-state index is -0.774. The van der Waals surface area contributed by atoms with Gasteiger partial charge in [0.25, 0.3) is 0 Å². The van der Waals surface area contributed by atoms with E-state index < -0.39 is 11.8 Å². The molecular formula is C23H24N4O6. The van der Waals surface area contributed by atoms with Crippen molar-refractivity contribution in [1.29, 1.82) is 0 Å². The number of epoxide rings is 1. The average molecular weight is 452 g/mol. The SMILES string of the molecule is O=CN(C=O)c1ccc(CCNC(=O)C(=O)Nc2ccc(CCN(C=O)C3CO3)cc2)cc1. The zero-order valence-electron chi connectivity index (χ0n) is 17.8. The molecule has 1 aliphatic rings. The van der Waals surface area contributed by atoms with Gasteiger partial charge in [-0.1, -0.05) is 24.3 Å². The van der Waals surface area contributed by atoms with Gasteiger partial charge in [0.15, 0.2) is 6.23 Å². The highest BCUT2D eigenvalue weighted by atomic mass is 16.6. The number of hydrogen-bond acceptors (Lipinski definition) is 6. The lowest BCUT2D eigenvalue weighted by molar-refractivity contribution is -0.136. The van der Waals surface area contributed by atoms with Crippen molar-refractivity contribution in [2.75, 3.05) is 29.9 Å². The van der Waals surface area contributed by atoms with Gasteiger partial charge < -0.3 is 20.3 Å². The molecule has 0 spiro atoms. The van der Waals surface area contributed by atoms with Crippen LogP contribution in [-0.2, 0) is 41.6 Å². The van der Waals surface area contributed by atoms with Crippen LogP contribution in [0.3, 0.4) is 0 Å². The maximum atomic E-state index is 12.1. The molecule has 1 unspecified atom stereocenters. The molecule has 1 atom stereocenters. The Morgan fingerprint density at radius 1 is 0.879 bits per heavy atom. The van der Waals surface area contributed by atoms with E-state index in [4.69, 9.17) is 4.74 Å². The van der Waals surface area contributed by atoms with Crippen molar-refractivity contribution < 1.29 is 28.7 Å². The van der Waals surface area contributed by atoms with Gasteiger partial charge in [-0.25, -0.2) is 0 Å². The van der Waals surface area contributed by atoms with Crippen molar-refractivity contribution in [2.45, 2.75) is 19.1 Å². The summed E-state index contributed by atoms with van der Waals surface area (Å²) >= 11 is 0. The quantitative estimate of drug-likeness (QED) is 0.274. The van der Waals surface area contributed by atoms with Crippen molar-refractivity contribution in [2.24, 2.45) is 0 Å². The fourth-order valence-electron chi connectivity index (χ4n) is 3.08. The van der Waals surface area contributed by atoms with Crippen molar-refractivity contribution >= 4 is 42.4 Å². The molecule has 0 aromatic heterocycles. The average Bonchev–Trinajstić information content (AvgIpc) is 3.67. The number of anilines is 2. The molecule has 172 valence electrons. The number of ether oxygens (including phenoxy) is 1. The molecule has 10 heteroatoms. The predicted octanol–water partition coefficient (Wildman–Crippen LogP) is 0.460. The molecule has 2 aromatic carbocycles. The molecule has 5 amide bonds. The van der Waals surface area contributed by atoms with E-state index in [1.54, 1.807) is 41.3 Å². The van der Waals surface area contributed by atoms with E-state index in [9.17, 15) is 24.0 Å². The number of hydrogen-bond donors (Lipinski definition) is 2. The molecule has 1 fully saturated rings. The normalized spacial score (nSPS) is 14.0. The molecule has 1 aliphatic heterocycles. The number of benzene rings is 2. The zero-order valence-corrected chi connectivity index (χ0v) is 17.8. The second-order valence-corrected chi connectivity index (χ2v) is 7.32. The molecule has 0 radical (unpaired) electrons. The van der Waals surface area contributed by atoms with E-state index in [-0.39, 0.29) is 12.8 Å². The predicted molar refractivity (Wildman–Crippen MR) is 119 cm³/mol. The van der Waals surface area contributed by atoms with Crippen molar-refractivity contribution in [3.63, 3.8) is 0 Å². The molecule has 10 nitrogen and oxygen atoms in total. The zero-order chi connectivity index (χ0) is 23.6. The Morgan fingerprint density at radius 2 is 1.48 bits per heavy atom. The van der Waals surface area contributed by atoms with Crippen LogP contribution in [0.1, 0.15) is 11.1 Å². The number of carbonyl (C=O) groups excluding carboxylic acids is 5. The first kappa shape index (κ1) is 23.6. The topological polar surface area (TPSA) is 128 Å². The van der Waals surface area contributed by atoms with E-state index in [1.165, 1.54) is 0 Å². The second kappa shape index (κ2) is 11.5. The summed E-state index contributed by atoms with van der Waals surface area (Å²) in [6.07, 6.45) is 2.61. The van der Waals surface area contributed by atoms with E-state index in [0.29, 0.717) is 50.2 Å². The molecule has 2 aromatic rings. The highest BCUT2D eigenvalue weighted by Gasteiger charge is 2.28. The van der Waals surface area contributed by atoms with Crippen LogP contribution >= 0.6 is 0 Å². The van der Waals surface area contributed by atoms with Crippen LogP contribution in [0.15, 0.2) is 48.5 Å². The second-order valence-electron chi connectivity index (χ2n) is 7.32. The molecule has 3 rings (SSSR count). The molecule has 1 saturated heterocycles. The fourth-order valence-corrected chi connectivity index (χ4v) is 3.08. The molecule has 2 N–H and O–H groups in total. The van der Waals surface area contributed by atoms with Crippen LogP contribution in [0.4, 0.5) is 11.4 Å². The Morgan fingerprint density at radius 3 is 2.06 bits per heavy atom. The first-order valence-electron chi connectivity index (χ1n) is 10.3. The number of carbonyl (C=O) groups is 5. The van der Waals surface area contributed by atoms with Gasteiger partial charge in [0.05, 0.1) is 12.3 Å². The van der Waals surface area contributed by atoms with E-state index in [0.717, 1.165) is 22.4 Å². The summed E-state index contributed by atoms with van der Waals surface area (Å²) in [5, 5.41) is 5.10. The summed E-state index contributed by atoms with van der Waals surface area (Å²) in [5.41, 5.74) is 2.78. The summed E-state index contributed by atoms with van der Waals surface area (Å²) in [6.45, 7) is 1.35. The monoisotopic (exact) mass is 452 g/mol. The van der Waals surface area contributed by atoms with Gasteiger partial charge in [-0.15, -0.1) is 0 Å². The third-order valence-corrected chi connectivity index (χ3v) is 5.06. The minimum absolute atomic E-state index is 0.116. The minimum Gasteiger partial charge on any atom is -0.351 e. The van der Waals surface area contributed by atoms with Crippen molar-refractivity contribution in [3.05, 3.63) is 59.7 Å². The van der Waals surface area contributed by atoms with E-state index >= 15 is 0 Å². The van der Waals surface area contributed by atoms with Crippen LogP contribution in [-0.4, -0.2) is 61.9 Å². The Labute approximate surface area is 190 Å². The van der Waals surface area contributed by atoms with Crippen molar-refractivity contribution in [3.8, 4) is 0 Å². The van der Waals surface area contributed by atoms with Gasteiger partial charge in [-0.2, -0.15) is 0 Å². The molecule has 33 heavy (non-hydrogen) atoms. The highest BCUT2D eigenvalue weighted by molar-refractivity contribution is 6.39. The standard InChI is InChI=1S/C23H24N4O6/c28-14-26(21-13-33-21)12-10-18-1-5-19(6-2-18)25-23(32)22(31)24-11-9-17-3-7-20(8-4-17)27(15-29)16-30/h1-8,14-16,21H,9-13H2,(H,24,31)(H,25,32). The smallest absolute Gasteiger partial charge is 0.313 e. The molecular weight excluding hydrogens is 428 g/mol. The fraction of sp³-hybridized carbons (Fsp3) is 0.261. The maximum absolute atomic E-state index is 12.1. The number of rotatable bonds is 12. The van der Waals surface area contributed by atoms with E-state index in [2.05, 4.69) is 10.6 Å². The maximum Gasteiger partial charge on any atom is 0.313 e. The summed E-state index contributed by atoms with van der Waals surface area (Å²) in [5.74, 6) is -1.53. The van der Waals surface area contributed by atoms with Gasteiger partial charge in [0, 0.05) is 18.8 Å². The van der Waals surface area contributed by atoms with Crippen LogP contribution < -0.4 is 15.5 Å². The van der Waals surface area contributed by atoms with Crippen LogP contribution in [0.5, 0.6) is 0 Å². The third-order valence-electron chi connectivity index (χ3n) is 5.06. The third kappa shape index (κ3) is 6.97. The number of amides is 5. The summed E-state index contributed by atoms with van der Waals surface area (Å²) in [6, 6.07) is 13.7. The van der Waals surface area contributed by atoms with Crippen LogP contribution in [0.2, 0.25) is 0 Å². The first-order valence-corrected chi connectivity index (χ1v) is 10.3. The Hall–Kier alpha value is -4.05. The number of nitrogens with zero attached hydrogens (tertiary/aromatic N) is 2. The van der Waals surface area contributed by atoms with Crippen LogP contribution in [0.25, 0.3) is 0 Å². The van der Waals surface area contributed by atoms with Crippen molar-refractivity contribution in [1.82, 2.24) is 10.2 Å². The summed E-state index contributed by atoms with van der Waals surface area (Å²) < 4.78 is 5.09. The lowest BCUT2D eigenvalue weighted by Crippen LogP contribution is -2.36. The largest absolute Gasteiger partial charge is 0.351 e. The summed E-state index contributed by atoms with van der Waals surface area (Å²) in [7, 11) is 0. The Bertz CT molecular complexity index is 981. The summed E-state index contributed by atoms with van der Waals surface area (Å²) in [4.78, 5) is 59.2. The van der Waals surface area contributed by atoms with E-state index in [1.807, 2.05) is 12.1 Å². The highest BCUT2D eigenvalue weighted by Crippen LogP contribution is 2.16. The number of imide groups is 1. The van der Waals surface area contributed by atoms with Crippen LogP contribution in [0, 0.1) is 0 Å². The number of nitrogens with one attached hydrogen (secondary N) is 2. The lowest BCUT2D eigenvalue weighted by Gasteiger charge is -2.14. The van der Waals surface area contributed by atoms with Gasteiger partial charge in [-0.3, -0.25) is 28.9 Å². The Balaban J connectivity index is 1.40. The lowest BCUT2D eigenvalue weighted by atomic mass is 10.1. The van der Waals surface area contributed by atoms with Gasteiger partial charge in [0.2, 0.25) is 19.2 Å². The molecule has 0 bridgehead atoms. The molecule has 0 aliphatic carbocycles. The van der Waals surface area contributed by atoms with Gasteiger partial charge >= 0.3 is 11.8 Å². The first-order chi connectivity index (χ1) is 16.0. The van der Waals surface area contributed by atoms with Gasteiger partial charge in [-0.05, 0) is 48.2 Å². The Kier molecular flexibility index (Phi) is 8.25. The molecule has 0 saturated carbocycles.